The van der Waals surface area contributed by atoms with Crippen LogP contribution in [0.4, 0.5) is 0 Å². The van der Waals surface area contributed by atoms with E-state index in [1.807, 2.05) is 0 Å². The molecule has 1 aromatic carbocycles. The molecule has 0 atom stereocenters. The lowest BCUT2D eigenvalue weighted by atomic mass is 10.1. The lowest BCUT2D eigenvalue weighted by molar-refractivity contribution is 0.269. The number of likely N-dealkylation sites (N-methyl/N-ethyl adjacent to an activating group) is 1. The standard InChI is InChI=1S/C23H35N5S/c1-3-24-23(25-12-11-22-6-4-17-29-22)26-18-20-7-9-21(10-8-20)19-28-14-5-13-27(2)15-16-28/h4,6-10,17H,3,5,11-16,18-19H2,1-2H3,(H2,24,25,26). The first-order valence-corrected chi connectivity index (χ1v) is 11.6. The number of rotatable bonds is 8. The zero-order valence-electron chi connectivity index (χ0n) is 17.9. The Labute approximate surface area is 179 Å². The monoisotopic (exact) mass is 413 g/mol. The number of aliphatic imine (C=N–C) groups is 1. The van der Waals surface area contributed by atoms with Crippen LogP contribution in [-0.2, 0) is 19.5 Å². The molecule has 1 saturated heterocycles. The summed E-state index contributed by atoms with van der Waals surface area (Å²) in [6, 6.07) is 13.2. The smallest absolute Gasteiger partial charge is 0.191 e. The summed E-state index contributed by atoms with van der Waals surface area (Å²) >= 11 is 1.81. The number of hydrogen-bond donors (Lipinski definition) is 2. The topological polar surface area (TPSA) is 42.9 Å². The first-order chi connectivity index (χ1) is 14.2. The largest absolute Gasteiger partial charge is 0.357 e. The lowest BCUT2D eigenvalue weighted by Crippen LogP contribution is -2.38. The lowest BCUT2D eigenvalue weighted by Gasteiger charge is -2.20. The number of thiophene rings is 1. The van der Waals surface area contributed by atoms with E-state index in [4.69, 9.17) is 4.99 Å². The van der Waals surface area contributed by atoms with Crippen molar-refractivity contribution in [2.45, 2.75) is 32.9 Å². The molecular weight excluding hydrogens is 378 g/mol. The zero-order valence-corrected chi connectivity index (χ0v) is 18.7. The summed E-state index contributed by atoms with van der Waals surface area (Å²) in [4.78, 5) is 11.1. The molecule has 2 heterocycles. The van der Waals surface area contributed by atoms with Gasteiger partial charge in [-0.3, -0.25) is 4.90 Å². The van der Waals surface area contributed by atoms with E-state index >= 15 is 0 Å². The fourth-order valence-electron chi connectivity index (χ4n) is 3.54. The highest BCUT2D eigenvalue weighted by atomic mass is 32.1. The third kappa shape index (κ3) is 7.80. The van der Waals surface area contributed by atoms with Crippen LogP contribution in [0.1, 0.15) is 29.3 Å². The molecule has 1 aliphatic rings. The minimum atomic E-state index is 0.698. The third-order valence-corrected chi connectivity index (χ3v) is 6.19. The normalized spacial score (nSPS) is 16.6. The van der Waals surface area contributed by atoms with Gasteiger partial charge in [-0.1, -0.05) is 30.3 Å². The molecular formula is C23H35N5S. The van der Waals surface area contributed by atoms with Crippen molar-refractivity contribution in [3.05, 3.63) is 57.8 Å². The van der Waals surface area contributed by atoms with Gasteiger partial charge in [-0.05, 0) is 62.5 Å². The van der Waals surface area contributed by atoms with Gasteiger partial charge in [-0.2, -0.15) is 0 Å². The number of nitrogens with one attached hydrogen (secondary N) is 2. The number of benzene rings is 1. The summed E-state index contributed by atoms with van der Waals surface area (Å²) in [5, 5.41) is 8.91. The second kappa shape index (κ2) is 12.0. The molecule has 0 unspecified atom stereocenters. The molecule has 2 N–H and O–H groups in total. The van der Waals surface area contributed by atoms with E-state index in [9.17, 15) is 0 Å². The van der Waals surface area contributed by atoms with Crippen LogP contribution in [0.2, 0.25) is 0 Å². The van der Waals surface area contributed by atoms with Crippen molar-refractivity contribution in [1.29, 1.82) is 0 Å². The second-order valence-electron chi connectivity index (χ2n) is 7.70. The highest BCUT2D eigenvalue weighted by molar-refractivity contribution is 7.09. The van der Waals surface area contributed by atoms with E-state index < -0.39 is 0 Å². The van der Waals surface area contributed by atoms with Gasteiger partial charge < -0.3 is 15.5 Å². The number of hydrogen-bond acceptors (Lipinski definition) is 4. The van der Waals surface area contributed by atoms with Gasteiger partial charge in [-0.25, -0.2) is 4.99 Å². The van der Waals surface area contributed by atoms with Crippen molar-refractivity contribution in [3.63, 3.8) is 0 Å². The van der Waals surface area contributed by atoms with Crippen LogP contribution >= 0.6 is 11.3 Å². The molecule has 2 aromatic rings. The molecule has 0 aliphatic carbocycles. The molecule has 0 radical (unpaired) electrons. The molecule has 6 heteroatoms. The highest BCUT2D eigenvalue weighted by Crippen LogP contribution is 2.11. The maximum atomic E-state index is 4.75. The fraction of sp³-hybridized carbons (Fsp3) is 0.522. The van der Waals surface area contributed by atoms with Crippen LogP contribution in [0.25, 0.3) is 0 Å². The Morgan fingerprint density at radius 3 is 2.62 bits per heavy atom. The number of nitrogens with zero attached hydrogens (tertiary/aromatic N) is 3. The molecule has 3 rings (SSSR count). The third-order valence-electron chi connectivity index (χ3n) is 5.25. The molecule has 0 amide bonds. The van der Waals surface area contributed by atoms with Crippen LogP contribution in [0.5, 0.6) is 0 Å². The minimum Gasteiger partial charge on any atom is -0.357 e. The van der Waals surface area contributed by atoms with Gasteiger partial charge in [-0.15, -0.1) is 11.3 Å². The fourth-order valence-corrected chi connectivity index (χ4v) is 4.25. The van der Waals surface area contributed by atoms with Crippen molar-refractivity contribution in [2.75, 3.05) is 46.3 Å². The minimum absolute atomic E-state index is 0.698. The van der Waals surface area contributed by atoms with Gasteiger partial charge >= 0.3 is 0 Å². The van der Waals surface area contributed by atoms with Crippen molar-refractivity contribution in [3.8, 4) is 0 Å². The van der Waals surface area contributed by atoms with E-state index in [0.717, 1.165) is 38.6 Å². The van der Waals surface area contributed by atoms with Gasteiger partial charge in [0.25, 0.3) is 0 Å². The zero-order chi connectivity index (χ0) is 20.3. The Hall–Kier alpha value is -1.89. The summed E-state index contributed by atoms with van der Waals surface area (Å²) in [5.74, 6) is 0.891. The Balaban J connectivity index is 1.47. The van der Waals surface area contributed by atoms with E-state index in [1.165, 1.54) is 42.1 Å². The first kappa shape index (κ1) is 21.8. The van der Waals surface area contributed by atoms with E-state index in [0.29, 0.717) is 6.54 Å². The summed E-state index contributed by atoms with van der Waals surface area (Å²) < 4.78 is 0. The van der Waals surface area contributed by atoms with Crippen LogP contribution in [0, 0.1) is 0 Å². The SMILES string of the molecule is CCNC(=NCc1ccc(CN2CCCN(C)CC2)cc1)NCCc1cccs1. The van der Waals surface area contributed by atoms with Crippen molar-refractivity contribution in [1.82, 2.24) is 20.4 Å². The molecule has 5 nitrogen and oxygen atoms in total. The molecule has 0 bridgehead atoms. The maximum Gasteiger partial charge on any atom is 0.191 e. The quantitative estimate of drug-likeness (QED) is 0.515. The van der Waals surface area contributed by atoms with Gasteiger partial charge in [0.05, 0.1) is 6.54 Å². The Bertz CT molecular complexity index is 726. The van der Waals surface area contributed by atoms with Gasteiger partial charge in [0.1, 0.15) is 0 Å². The molecule has 1 aromatic heterocycles. The predicted molar refractivity (Wildman–Crippen MR) is 125 cm³/mol. The molecule has 0 spiro atoms. The second-order valence-corrected chi connectivity index (χ2v) is 8.73. The van der Waals surface area contributed by atoms with E-state index in [-0.39, 0.29) is 0 Å². The molecule has 1 fully saturated rings. The van der Waals surface area contributed by atoms with Crippen molar-refractivity contribution >= 4 is 17.3 Å². The summed E-state index contributed by atoms with van der Waals surface area (Å²) in [5.41, 5.74) is 2.64. The average molecular weight is 414 g/mol. The summed E-state index contributed by atoms with van der Waals surface area (Å²) in [6.45, 7) is 10.3. The van der Waals surface area contributed by atoms with Gasteiger partial charge in [0, 0.05) is 37.6 Å². The Kier molecular flexibility index (Phi) is 8.99. The highest BCUT2D eigenvalue weighted by Gasteiger charge is 2.12. The van der Waals surface area contributed by atoms with Crippen molar-refractivity contribution in [2.24, 2.45) is 4.99 Å². The van der Waals surface area contributed by atoms with Crippen LogP contribution in [0.15, 0.2) is 46.8 Å². The average Bonchev–Trinajstić information content (AvgIpc) is 3.16. The molecule has 158 valence electrons. The van der Waals surface area contributed by atoms with Crippen LogP contribution < -0.4 is 10.6 Å². The van der Waals surface area contributed by atoms with Crippen LogP contribution in [0.3, 0.4) is 0 Å². The van der Waals surface area contributed by atoms with E-state index in [1.54, 1.807) is 11.3 Å². The predicted octanol–water partition coefficient (Wildman–Crippen LogP) is 3.18. The maximum absolute atomic E-state index is 4.75. The molecule has 1 aliphatic heterocycles. The van der Waals surface area contributed by atoms with Crippen molar-refractivity contribution < 1.29 is 0 Å². The number of guanidine groups is 1. The van der Waals surface area contributed by atoms with E-state index in [2.05, 4.69) is 76.2 Å². The molecule has 29 heavy (non-hydrogen) atoms. The van der Waals surface area contributed by atoms with Gasteiger partial charge in [0.15, 0.2) is 5.96 Å². The summed E-state index contributed by atoms with van der Waals surface area (Å²) in [7, 11) is 2.22. The summed E-state index contributed by atoms with van der Waals surface area (Å²) in [6.07, 6.45) is 2.29. The Morgan fingerprint density at radius 2 is 1.86 bits per heavy atom. The van der Waals surface area contributed by atoms with Crippen LogP contribution in [-0.4, -0.2) is 62.1 Å². The Morgan fingerprint density at radius 1 is 1.03 bits per heavy atom. The molecule has 0 saturated carbocycles. The van der Waals surface area contributed by atoms with Gasteiger partial charge in [0.2, 0.25) is 0 Å². The first-order valence-electron chi connectivity index (χ1n) is 10.8.